The number of fused-ring (bicyclic) bond motifs is 2. The largest absolute Gasteiger partial charge is 0.495 e. The molecule has 0 N–H and O–H groups in total. The van der Waals surface area contributed by atoms with E-state index in [1.807, 2.05) is 30.3 Å². The number of carbonyl (C=O) groups excluding carboxylic acids is 3. The van der Waals surface area contributed by atoms with Crippen LogP contribution in [0.15, 0.2) is 66.7 Å². The Morgan fingerprint density at radius 1 is 0.886 bits per heavy atom. The fourth-order valence-electron chi connectivity index (χ4n) is 4.02. The number of aromatic nitrogens is 1. The Hall–Kier alpha value is -4.24. The van der Waals surface area contributed by atoms with Gasteiger partial charge < -0.3 is 9.47 Å². The SMILES string of the molecule is COc1ccc(OC)c2sc(N(Cc3ccccc3)C(=O)CN3C(=O)c4ccccc4C3=O)nc12. The number of anilines is 1. The second-order valence-electron chi connectivity index (χ2n) is 7.85. The van der Waals surface area contributed by atoms with Crippen LogP contribution in [-0.2, 0) is 11.3 Å². The van der Waals surface area contributed by atoms with E-state index in [1.165, 1.54) is 16.2 Å². The Bertz CT molecular complexity index is 1370. The number of imide groups is 1. The highest BCUT2D eigenvalue weighted by Gasteiger charge is 2.37. The topological polar surface area (TPSA) is 89.0 Å². The molecule has 0 saturated heterocycles. The van der Waals surface area contributed by atoms with E-state index >= 15 is 0 Å². The molecule has 35 heavy (non-hydrogen) atoms. The fraction of sp³-hybridized carbons (Fsp3) is 0.154. The summed E-state index contributed by atoms with van der Waals surface area (Å²) in [6.07, 6.45) is 0. The molecule has 3 amide bonds. The van der Waals surface area contributed by atoms with Crippen molar-refractivity contribution >= 4 is 44.4 Å². The van der Waals surface area contributed by atoms with Crippen LogP contribution in [-0.4, -0.2) is 48.4 Å². The van der Waals surface area contributed by atoms with Crippen LogP contribution >= 0.6 is 11.3 Å². The Kier molecular flexibility index (Phi) is 5.92. The summed E-state index contributed by atoms with van der Waals surface area (Å²) in [6.45, 7) is -0.184. The van der Waals surface area contributed by atoms with Gasteiger partial charge in [-0.2, -0.15) is 0 Å². The quantitative estimate of drug-likeness (QED) is 0.364. The maximum absolute atomic E-state index is 13.6. The lowest BCUT2D eigenvalue weighted by molar-refractivity contribution is -0.119. The number of hydrogen-bond acceptors (Lipinski definition) is 7. The minimum Gasteiger partial charge on any atom is -0.495 e. The van der Waals surface area contributed by atoms with E-state index < -0.39 is 24.3 Å². The zero-order chi connectivity index (χ0) is 24.5. The highest BCUT2D eigenvalue weighted by atomic mass is 32.1. The van der Waals surface area contributed by atoms with Crippen LogP contribution < -0.4 is 14.4 Å². The number of thiazole rings is 1. The Morgan fingerprint density at radius 2 is 1.49 bits per heavy atom. The molecule has 8 nitrogen and oxygen atoms in total. The van der Waals surface area contributed by atoms with E-state index in [2.05, 4.69) is 0 Å². The third-order valence-electron chi connectivity index (χ3n) is 5.79. The standard InChI is InChI=1S/C26H21N3O5S/c1-33-19-12-13-20(34-2)23-22(19)27-26(35-23)28(14-16-8-4-3-5-9-16)21(30)15-29-24(31)17-10-6-7-11-18(17)25(29)32/h3-13H,14-15H2,1-2H3. The molecule has 176 valence electrons. The fourth-order valence-corrected chi connectivity index (χ4v) is 5.11. The number of ether oxygens (including phenoxy) is 2. The van der Waals surface area contributed by atoms with Gasteiger partial charge in [0, 0.05) is 0 Å². The van der Waals surface area contributed by atoms with Gasteiger partial charge in [-0.05, 0) is 29.8 Å². The van der Waals surface area contributed by atoms with Crippen molar-refractivity contribution in [2.24, 2.45) is 0 Å². The van der Waals surface area contributed by atoms with E-state index in [1.54, 1.807) is 50.6 Å². The van der Waals surface area contributed by atoms with Crippen molar-refractivity contribution in [1.82, 2.24) is 9.88 Å². The first-order valence-electron chi connectivity index (χ1n) is 10.8. The number of rotatable bonds is 7. The first-order chi connectivity index (χ1) is 17.0. The second-order valence-corrected chi connectivity index (χ2v) is 8.83. The summed E-state index contributed by atoms with van der Waals surface area (Å²) < 4.78 is 11.7. The van der Waals surface area contributed by atoms with Crippen molar-refractivity contribution in [2.75, 3.05) is 25.7 Å². The Balaban J connectivity index is 1.53. The lowest BCUT2D eigenvalue weighted by atomic mass is 10.1. The van der Waals surface area contributed by atoms with Crippen molar-refractivity contribution in [3.05, 3.63) is 83.4 Å². The summed E-state index contributed by atoms with van der Waals surface area (Å²) in [5.74, 6) is -0.231. The first-order valence-corrected chi connectivity index (χ1v) is 11.6. The zero-order valence-electron chi connectivity index (χ0n) is 19.1. The monoisotopic (exact) mass is 487 g/mol. The van der Waals surface area contributed by atoms with Crippen LogP contribution in [0, 0.1) is 0 Å². The highest BCUT2D eigenvalue weighted by molar-refractivity contribution is 7.22. The third kappa shape index (κ3) is 4.00. The van der Waals surface area contributed by atoms with Gasteiger partial charge in [0.2, 0.25) is 5.91 Å². The number of amides is 3. The molecular weight excluding hydrogens is 466 g/mol. The lowest BCUT2D eigenvalue weighted by Crippen LogP contribution is -2.42. The number of benzene rings is 3. The molecule has 3 aromatic carbocycles. The van der Waals surface area contributed by atoms with Gasteiger partial charge in [0.15, 0.2) is 5.13 Å². The minimum atomic E-state index is -0.480. The first kappa shape index (κ1) is 22.5. The summed E-state index contributed by atoms with van der Waals surface area (Å²) in [5.41, 5.74) is 2.04. The van der Waals surface area contributed by atoms with Crippen molar-refractivity contribution in [2.45, 2.75) is 6.54 Å². The molecule has 1 aliphatic rings. The van der Waals surface area contributed by atoms with Gasteiger partial charge in [0.1, 0.15) is 28.3 Å². The zero-order valence-corrected chi connectivity index (χ0v) is 19.9. The van der Waals surface area contributed by atoms with Crippen LogP contribution in [0.4, 0.5) is 5.13 Å². The Morgan fingerprint density at radius 3 is 2.11 bits per heavy atom. The van der Waals surface area contributed by atoms with E-state index in [4.69, 9.17) is 14.5 Å². The molecule has 9 heteroatoms. The number of carbonyl (C=O) groups is 3. The molecule has 0 atom stereocenters. The predicted molar refractivity (Wildman–Crippen MR) is 132 cm³/mol. The molecule has 0 bridgehead atoms. The van der Waals surface area contributed by atoms with Gasteiger partial charge in [0.25, 0.3) is 11.8 Å². The van der Waals surface area contributed by atoms with Crippen LogP contribution in [0.25, 0.3) is 10.2 Å². The van der Waals surface area contributed by atoms with Crippen molar-refractivity contribution in [3.8, 4) is 11.5 Å². The molecule has 0 radical (unpaired) electrons. The lowest BCUT2D eigenvalue weighted by Gasteiger charge is -2.22. The summed E-state index contributed by atoms with van der Waals surface area (Å²) in [7, 11) is 3.12. The van der Waals surface area contributed by atoms with Crippen LogP contribution in [0.3, 0.4) is 0 Å². The molecule has 5 rings (SSSR count). The summed E-state index contributed by atoms with van der Waals surface area (Å²) in [4.78, 5) is 46.5. The predicted octanol–water partition coefficient (Wildman–Crippen LogP) is 4.14. The van der Waals surface area contributed by atoms with Gasteiger partial charge in [-0.15, -0.1) is 0 Å². The maximum Gasteiger partial charge on any atom is 0.262 e. The van der Waals surface area contributed by atoms with E-state index in [0.29, 0.717) is 33.3 Å². The molecule has 0 saturated carbocycles. The number of hydrogen-bond donors (Lipinski definition) is 0. The normalized spacial score (nSPS) is 12.7. The molecule has 1 aliphatic heterocycles. The maximum atomic E-state index is 13.6. The van der Waals surface area contributed by atoms with Crippen molar-refractivity contribution in [1.29, 1.82) is 0 Å². The molecule has 0 spiro atoms. The smallest absolute Gasteiger partial charge is 0.262 e. The van der Waals surface area contributed by atoms with E-state index in [-0.39, 0.29) is 6.54 Å². The van der Waals surface area contributed by atoms with Crippen molar-refractivity contribution in [3.63, 3.8) is 0 Å². The van der Waals surface area contributed by atoms with Gasteiger partial charge in [-0.3, -0.25) is 24.2 Å². The summed E-state index contributed by atoms with van der Waals surface area (Å²) in [5, 5.41) is 0.410. The number of methoxy groups -OCH3 is 2. The molecule has 1 aromatic heterocycles. The van der Waals surface area contributed by atoms with Crippen LogP contribution in [0.2, 0.25) is 0 Å². The molecule has 0 unspecified atom stereocenters. The van der Waals surface area contributed by atoms with E-state index in [9.17, 15) is 14.4 Å². The van der Waals surface area contributed by atoms with E-state index in [0.717, 1.165) is 15.2 Å². The average molecular weight is 488 g/mol. The van der Waals surface area contributed by atoms with Crippen molar-refractivity contribution < 1.29 is 23.9 Å². The van der Waals surface area contributed by atoms with Crippen LogP contribution in [0.5, 0.6) is 11.5 Å². The molecule has 0 fully saturated rings. The third-order valence-corrected chi connectivity index (χ3v) is 6.88. The van der Waals surface area contributed by atoms with Crippen LogP contribution in [0.1, 0.15) is 26.3 Å². The summed E-state index contributed by atoms with van der Waals surface area (Å²) in [6, 6.07) is 19.6. The summed E-state index contributed by atoms with van der Waals surface area (Å²) >= 11 is 1.28. The molecule has 0 aliphatic carbocycles. The average Bonchev–Trinajstić information content (AvgIpc) is 3.43. The number of nitrogens with zero attached hydrogens (tertiary/aromatic N) is 3. The minimum absolute atomic E-state index is 0.216. The molecule has 2 heterocycles. The second kappa shape index (κ2) is 9.19. The highest BCUT2D eigenvalue weighted by Crippen LogP contribution is 2.40. The van der Waals surface area contributed by atoms with Gasteiger partial charge in [-0.25, -0.2) is 4.98 Å². The van der Waals surface area contributed by atoms with Gasteiger partial charge >= 0.3 is 0 Å². The van der Waals surface area contributed by atoms with Gasteiger partial charge in [0.05, 0.1) is 31.9 Å². The Labute approximate surface area is 205 Å². The molecular formula is C26H21N3O5S. The van der Waals surface area contributed by atoms with Gasteiger partial charge in [-0.1, -0.05) is 53.8 Å². The molecule has 4 aromatic rings.